The Balaban J connectivity index is 2.06. The van der Waals surface area contributed by atoms with Gasteiger partial charge in [0.15, 0.2) is 0 Å². The van der Waals surface area contributed by atoms with Gasteiger partial charge < -0.3 is 15.8 Å². The molecule has 0 spiro atoms. The van der Waals surface area contributed by atoms with E-state index in [2.05, 4.69) is 5.16 Å². The zero-order valence-corrected chi connectivity index (χ0v) is 12.6. The Bertz CT molecular complexity index is 487. The molecule has 0 bridgehead atoms. The van der Waals surface area contributed by atoms with Gasteiger partial charge in [-0.05, 0) is 44.2 Å². The summed E-state index contributed by atoms with van der Waals surface area (Å²) in [6.07, 6.45) is 5.03. The summed E-state index contributed by atoms with van der Waals surface area (Å²) in [4.78, 5) is 16.4. The number of fused-ring (bicyclic) bond motifs is 1. The van der Waals surface area contributed by atoms with Gasteiger partial charge in [-0.2, -0.15) is 0 Å². The molecule has 2 rings (SSSR count). The van der Waals surface area contributed by atoms with E-state index in [0.29, 0.717) is 19.5 Å². The lowest BCUT2D eigenvalue weighted by Crippen LogP contribution is -2.33. The second-order valence-electron chi connectivity index (χ2n) is 4.99. The molecule has 0 fully saturated rings. The molecule has 0 unspecified atom stereocenters. The van der Waals surface area contributed by atoms with Crippen LogP contribution in [0.3, 0.4) is 0 Å². The molecule has 1 heterocycles. The molecule has 0 radical (unpaired) electrons. The van der Waals surface area contributed by atoms with Gasteiger partial charge in [-0.15, -0.1) is 11.3 Å². The van der Waals surface area contributed by atoms with E-state index in [-0.39, 0.29) is 11.7 Å². The fraction of sp³-hybridized carbons (Fsp3) is 0.571. The highest BCUT2D eigenvalue weighted by molar-refractivity contribution is 7.14. The smallest absolute Gasteiger partial charge is 0.263 e. The Morgan fingerprint density at radius 3 is 2.90 bits per heavy atom. The van der Waals surface area contributed by atoms with Crippen LogP contribution in [0.5, 0.6) is 0 Å². The molecule has 0 atom stereocenters. The van der Waals surface area contributed by atoms with E-state index in [1.165, 1.54) is 23.3 Å². The number of hydrogen-bond acceptors (Lipinski definition) is 4. The molecule has 0 aliphatic heterocycles. The summed E-state index contributed by atoms with van der Waals surface area (Å²) in [6, 6.07) is 2.05. The number of nitrogens with two attached hydrogens (primary N) is 1. The van der Waals surface area contributed by atoms with E-state index in [4.69, 9.17) is 10.9 Å². The Hall–Kier alpha value is -1.56. The molecule has 1 amide bonds. The van der Waals surface area contributed by atoms with Crippen molar-refractivity contribution in [3.05, 3.63) is 21.4 Å². The summed E-state index contributed by atoms with van der Waals surface area (Å²) in [5, 5.41) is 11.5. The van der Waals surface area contributed by atoms with Crippen molar-refractivity contribution in [2.24, 2.45) is 10.9 Å². The van der Waals surface area contributed by atoms with Crippen molar-refractivity contribution in [2.45, 2.75) is 39.0 Å². The van der Waals surface area contributed by atoms with Gasteiger partial charge in [0.2, 0.25) is 0 Å². The zero-order chi connectivity index (χ0) is 14.5. The highest BCUT2D eigenvalue weighted by Crippen LogP contribution is 2.30. The Labute approximate surface area is 123 Å². The van der Waals surface area contributed by atoms with E-state index in [1.807, 2.05) is 13.0 Å². The number of carbonyl (C=O) groups excluding carboxylic acids is 1. The van der Waals surface area contributed by atoms with Crippen molar-refractivity contribution in [1.82, 2.24) is 4.90 Å². The summed E-state index contributed by atoms with van der Waals surface area (Å²) in [5.74, 6) is 0.208. The zero-order valence-electron chi connectivity index (χ0n) is 11.8. The summed E-state index contributed by atoms with van der Waals surface area (Å²) in [6.45, 7) is 3.05. The van der Waals surface area contributed by atoms with Crippen LogP contribution in [0.15, 0.2) is 11.2 Å². The lowest BCUT2D eigenvalue weighted by Gasteiger charge is -2.19. The average molecular weight is 295 g/mol. The first-order valence-electron chi connectivity index (χ1n) is 7.03. The molecule has 1 aromatic heterocycles. The van der Waals surface area contributed by atoms with Crippen LogP contribution in [0.1, 0.15) is 46.3 Å². The minimum absolute atomic E-state index is 0.0534. The molecule has 1 aliphatic rings. The van der Waals surface area contributed by atoms with Crippen LogP contribution in [-0.2, 0) is 12.8 Å². The third-order valence-electron chi connectivity index (χ3n) is 3.64. The molecule has 3 N–H and O–H groups in total. The maximum atomic E-state index is 12.5. The number of aryl methyl sites for hydroxylation is 2. The molecule has 20 heavy (non-hydrogen) atoms. The van der Waals surface area contributed by atoms with Gasteiger partial charge in [-0.3, -0.25) is 4.79 Å². The van der Waals surface area contributed by atoms with E-state index in [1.54, 1.807) is 16.2 Å². The van der Waals surface area contributed by atoms with Gasteiger partial charge >= 0.3 is 0 Å². The van der Waals surface area contributed by atoms with E-state index >= 15 is 0 Å². The van der Waals surface area contributed by atoms with Crippen molar-refractivity contribution in [3.63, 3.8) is 0 Å². The maximum Gasteiger partial charge on any atom is 0.263 e. The van der Waals surface area contributed by atoms with Crippen LogP contribution < -0.4 is 5.73 Å². The van der Waals surface area contributed by atoms with Crippen molar-refractivity contribution in [2.75, 3.05) is 13.1 Å². The normalized spacial score (nSPS) is 14.9. The highest BCUT2D eigenvalue weighted by Gasteiger charge is 2.20. The maximum absolute atomic E-state index is 12.5. The van der Waals surface area contributed by atoms with Gasteiger partial charge in [0.25, 0.3) is 5.91 Å². The Morgan fingerprint density at radius 1 is 1.50 bits per heavy atom. The molecular formula is C14H21N3O2S. The number of amides is 1. The number of nitrogens with zero attached hydrogens (tertiary/aromatic N) is 2. The van der Waals surface area contributed by atoms with E-state index in [0.717, 1.165) is 17.7 Å². The number of oxime groups is 1. The van der Waals surface area contributed by atoms with Crippen LogP contribution in [0.4, 0.5) is 0 Å². The summed E-state index contributed by atoms with van der Waals surface area (Å²) in [7, 11) is 0. The van der Waals surface area contributed by atoms with Crippen LogP contribution in [-0.4, -0.2) is 34.9 Å². The first-order valence-corrected chi connectivity index (χ1v) is 7.84. The van der Waals surface area contributed by atoms with Crippen molar-refractivity contribution in [3.8, 4) is 0 Å². The van der Waals surface area contributed by atoms with Gasteiger partial charge in [0.1, 0.15) is 5.84 Å². The third kappa shape index (κ3) is 3.30. The van der Waals surface area contributed by atoms with Crippen LogP contribution in [0, 0.1) is 0 Å². The second kappa shape index (κ2) is 6.74. The minimum Gasteiger partial charge on any atom is -0.409 e. The molecule has 1 aromatic rings. The number of amidine groups is 1. The van der Waals surface area contributed by atoms with Crippen LogP contribution in [0.2, 0.25) is 0 Å². The van der Waals surface area contributed by atoms with Crippen molar-refractivity contribution in [1.29, 1.82) is 0 Å². The fourth-order valence-corrected chi connectivity index (χ4v) is 3.68. The fourth-order valence-electron chi connectivity index (χ4n) is 2.45. The number of rotatable bonds is 5. The molecule has 0 saturated carbocycles. The topological polar surface area (TPSA) is 78.9 Å². The monoisotopic (exact) mass is 295 g/mol. The van der Waals surface area contributed by atoms with Gasteiger partial charge in [-0.1, -0.05) is 5.16 Å². The van der Waals surface area contributed by atoms with E-state index in [9.17, 15) is 4.79 Å². The molecule has 0 saturated heterocycles. The SMILES string of the molecule is CCN(CCC(N)=NO)C(=O)c1cc2c(s1)CCCC2. The lowest BCUT2D eigenvalue weighted by molar-refractivity contribution is 0.0773. The predicted octanol–water partition coefficient (Wildman–Crippen LogP) is 2.23. The summed E-state index contributed by atoms with van der Waals surface area (Å²) >= 11 is 1.63. The molecule has 0 aromatic carbocycles. The highest BCUT2D eigenvalue weighted by atomic mass is 32.1. The van der Waals surface area contributed by atoms with Gasteiger partial charge in [0.05, 0.1) is 4.88 Å². The van der Waals surface area contributed by atoms with Crippen molar-refractivity contribution >= 4 is 23.1 Å². The first-order chi connectivity index (χ1) is 9.65. The van der Waals surface area contributed by atoms with E-state index < -0.39 is 0 Å². The molecule has 110 valence electrons. The number of hydrogen-bond donors (Lipinski definition) is 2. The van der Waals surface area contributed by atoms with Crippen molar-refractivity contribution < 1.29 is 10.0 Å². The third-order valence-corrected chi connectivity index (χ3v) is 4.87. The Morgan fingerprint density at radius 2 is 2.25 bits per heavy atom. The standard InChI is InChI=1S/C14H21N3O2S/c1-2-17(8-7-13(15)16-19)14(18)12-9-10-5-3-4-6-11(10)20-12/h9,19H,2-8H2,1H3,(H2,15,16). The lowest BCUT2D eigenvalue weighted by atomic mass is 9.99. The average Bonchev–Trinajstić information content (AvgIpc) is 2.91. The number of carbonyl (C=O) groups is 1. The predicted molar refractivity (Wildman–Crippen MR) is 80.6 cm³/mol. The Kier molecular flexibility index (Phi) is 5.00. The number of thiophene rings is 1. The summed E-state index contributed by atoms with van der Waals surface area (Å²) < 4.78 is 0. The van der Waals surface area contributed by atoms with Crippen LogP contribution >= 0.6 is 11.3 Å². The minimum atomic E-state index is 0.0534. The van der Waals surface area contributed by atoms with Gasteiger partial charge in [-0.25, -0.2) is 0 Å². The molecule has 1 aliphatic carbocycles. The quantitative estimate of drug-likeness (QED) is 0.378. The molecule has 5 nitrogen and oxygen atoms in total. The largest absolute Gasteiger partial charge is 0.409 e. The molecular weight excluding hydrogens is 274 g/mol. The summed E-state index contributed by atoms with van der Waals surface area (Å²) in [5.41, 5.74) is 6.80. The molecule has 6 heteroatoms. The second-order valence-corrected chi connectivity index (χ2v) is 6.13. The van der Waals surface area contributed by atoms with Crippen LogP contribution in [0.25, 0.3) is 0 Å². The van der Waals surface area contributed by atoms with Gasteiger partial charge in [0, 0.05) is 24.4 Å². The first kappa shape index (κ1) is 14.8.